The molecule has 0 aromatic heterocycles. The van der Waals surface area contributed by atoms with Crippen molar-refractivity contribution in [2.45, 2.75) is 70.0 Å². The third kappa shape index (κ3) is 4.48. The molecule has 1 aromatic carbocycles. The maximum Gasteiger partial charge on any atom is 0.255 e. The highest BCUT2D eigenvalue weighted by Crippen LogP contribution is 2.32. The topological polar surface area (TPSA) is 70.7 Å². The third-order valence-corrected chi connectivity index (χ3v) is 7.80. The van der Waals surface area contributed by atoms with Gasteiger partial charge in [0.25, 0.3) is 5.91 Å². The van der Waals surface area contributed by atoms with Crippen molar-refractivity contribution in [3.8, 4) is 0 Å². The summed E-state index contributed by atoms with van der Waals surface area (Å²) in [7, 11) is 0. The number of hydrogen-bond acceptors (Lipinski definition) is 4. The van der Waals surface area contributed by atoms with Gasteiger partial charge in [-0.3, -0.25) is 9.59 Å². The number of ether oxygens (including phenoxy) is 1. The Morgan fingerprint density at radius 1 is 1.16 bits per heavy atom. The van der Waals surface area contributed by atoms with Crippen LogP contribution in [0.25, 0.3) is 0 Å². The Bertz CT molecular complexity index is 892. The monoisotopic (exact) mass is 437 g/mol. The number of hydrogen-bond donors (Lipinski definition) is 2. The van der Waals surface area contributed by atoms with Crippen molar-refractivity contribution >= 4 is 11.8 Å². The molecule has 2 amide bonds. The molecule has 6 heteroatoms. The second-order valence-electron chi connectivity index (χ2n) is 10.1. The molecule has 1 aliphatic carbocycles. The molecule has 3 aliphatic heterocycles. The maximum absolute atomic E-state index is 13.0. The quantitative estimate of drug-likeness (QED) is 0.717. The predicted molar refractivity (Wildman–Crippen MR) is 123 cm³/mol. The number of fused-ring (bicyclic) bond motifs is 1. The maximum atomic E-state index is 13.0. The number of piperidine rings is 1. The van der Waals surface area contributed by atoms with E-state index < -0.39 is 6.04 Å². The van der Waals surface area contributed by atoms with Gasteiger partial charge in [0.15, 0.2) is 0 Å². The molecule has 1 aromatic rings. The van der Waals surface area contributed by atoms with E-state index in [-0.39, 0.29) is 11.8 Å². The fraction of sp³-hybridized carbons (Fsp3) is 0.615. The molecule has 172 valence electrons. The number of amides is 2. The zero-order chi connectivity index (χ0) is 22.1. The molecule has 4 aliphatic rings. The van der Waals surface area contributed by atoms with Crippen LogP contribution in [0.15, 0.2) is 30.5 Å². The Labute approximate surface area is 190 Å². The summed E-state index contributed by atoms with van der Waals surface area (Å²) in [4.78, 5) is 27.2. The lowest BCUT2D eigenvalue weighted by Gasteiger charge is -2.33. The van der Waals surface area contributed by atoms with Crippen molar-refractivity contribution in [1.29, 1.82) is 0 Å². The summed E-state index contributed by atoms with van der Waals surface area (Å²) in [5, 5.41) is 6.67. The Hall–Kier alpha value is -2.18. The molecular weight excluding hydrogens is 402 g/mol. The second-order valence-corrected chi connectivity index (χ2v) is 10.1. The third-order valence-electron chi connectivity index (χ3n) is 7.80. The first-order chi connectivity index (χ1) is 15.6. The number of carbonyl (C=O) groups is 2. The number of carbonyl (C=O) groups excluding carboxylic acids is 2. The van der Waals surface area contributed by atoms with E-state index >= 15 is 0 Å². The normalized spacial score (nSPS) is 30.5. The number of allylic oxidation sites excluding steroid dienone is 1. The zero-order valence-electron chi connectivity index (χ0n) is 18.9. The van der Waals surface area contributed by atoms with Gasteiger partial charge in [-0.2, -0.15) is 0 Å². The molecule has 3 heterocycles. The summed E-state index contributed by atoms with van der Waals surface area (Å²) >= 11 is 0. The average Bonchev–Trinajstić information content (AvgIpc) is 3.41. The first-order valence-corrected chi connectivity index (χ1v) is 12.3. The fourth-order valence-corrected chi connectivity index (χ4v) is 5.92. The van der Waals surface area contributed by atoms with Gasteiger partial charge in [0.2, 0.25) is 5.91 Å². The van der Waals surface area contributed by atoms with Crippen molar-refractivity contribution in [3.05, 3.63) is 47.2 Å². The second kappa shape index (κ2) is 9.36. The van der Waals surface area contributed by atoms with Crippen molar-refractivity contribution < 1.29 is 14.3 Å². The molecule has 5 rings (SSSR count). The summed E-state index contributed by atoms with van der Waals surface area (Å²) in [6.45, 7) is 7.24. The Morgan fingerprint density at radius 2 is 2.03 bits per heavy atom. The highest BCUT2D eigenvalue weighted by atomic mass is 16.5. The van der Waals surface area contributed by atoms with Crippen molar-refractivity contribution in [1.82, 2.24) is 15.5 Å². The van der Waals surface area contributed by atoms with Gasteiger partial charge in [-0.1, -0.05) is 31.6 Å². The first-order valence-electron chi connectivity index (χ1n) is 12.3. The lowest BCUT2D eigenvalue weighted by Crippen LogP contribution is -2.49. The van der Waals surface area contributed by atoms with Crippen molar-refractivity contribution in [3.63, 3.8) is 0 Å². The molecule has 3 fully saturated rings. The SMILES string of the molecule is C=C1CCC(N2Cc3cc(C[C@H]4CCCC[C@@H]4NCC4CCOC4)ccc3C2=O)C(=O)N1. The van der Waals surface area contributed by atoms with Crippen LogP contribution < -0.4 is 10.6 Å². The van der Waals surface area contributed by atoms with Crippen LogP contribution in [0.5, 0.6) is 0 Å². The number of benzene rings is 1. The van der Waals surface area contributed by atoms with Crippen LogP contribution in [0.2, 0.25) is 0 Å². The minimum absolute atomic E-state index is 0.0183. The van der Waals surface area contributed by atoms with E-state index in [0.717, 1.165) is 49.4 Å². The van der Waals surface area contributed by atoms with Gasteiger partial charge < -0.3 is 20.3 Å². The van der Waals surface area contributed by atoms with Gasteiger partial charge in [-0.15, -0.1) is 0 Å². The van der Waals surface area contributed by atoms with E-state index in [1.807, 2.05) is 6.07 Å². The zero-order valence-corrected chi connectivity index (χ0v) is 18.9. The van der Waals surface area contributed by atoms with Crippen LogP contribution in [0.4, 0.5) is 0 Å². The molecule has 32 heavy (non-hydrogen) atoms. The lowest BCUT2D eigenvalue weighted by molar-refractivity contribution is -0.126. The van der Waals surface area contributed by atoms with E-state index in [4.69, 9.17) is 4.74 Å². The van der Waals surface area contributed by atoms with Crippen LogP contribution in [0.3, 0.4) is 0 Å². The largest absolute Gasteiger partial charge is 0.381 e. The standard InChI is InChI=1S/C26H35N3O3/c1-17-6-9-24(25(30)28-17)29-15-21-13-18(7-8-22(21)26(29)31)12-20-4-2-3-5-23(20)27-14-19-10-11-32-16-19/h7-8,13,19-20,23-24,27H,1-6,9-12,14-16H2,(H,28,30)/t19?,20-,23+,24?/m1/s1. The predicted octanol–water partition coefficient (Wildman–Crippen LogP) is 3.16. The lowest BCUT2D eigenvalue weighted by atomic mass is 9.80. The van der Waals surface area contributed by atoms with Gasteiger partial charge in [0.05, 0.1) is 6.61 Å². The fourth-order valence-electron chi connectivity index (χ4n) is 5.92. The van der Waals surface area contributed by atoms with Gasteiger partial charge >= 0.3 is 0 Å². The Balaban J connectivity index is 1.24. The Morgan fingerprint density at radius 3 is 2.84 bits per heavy atom. The molecule has 1 saturated carbocycles. The molecule has 0 radical (unpaired) electrons. The van der Waals surface area contributed by atoms with E-state index in [1.54, 1.807) is 4.90 Å². The van der Waals surface area contributed by atoms with E-state index in [1.165, 1.54) is 37.7 Å². The van der Waals surface area contributed by atoms with E-state index in [9.17, 15) is 9.59 Å². The van der Waals surface area contributed by atoms with Crippen molar-refractivity contribution in [2.75, 3.05) is 19.8 Å². The van der Waals surface area contributed by atoms with Crippen molar-refractivity contribution in [2.24, 2.45) is 11.8 Å². The van der Waals surface area contributed by atoms with Crippen LogP contribution in [0, 0.1) is 11.8 Å². The molecule has 2 unspecified atom stereocenters. The van der Waals surface area contributed by atoms with Gasteiger partial charge in [-0.25, -0.2) is 0 Å². The number of rotatable bonds is 6. The molecule has 6 nitrogen and oxygen atoms in total. The van der Waals surface area contributed by atoms with Gasteiger partial charge in [-0.05, 0) is 67.6 Å². The highest BCUT2D eigenvalue weighted by Gasteiger charge is 2.38. The summed E-state index contributed by atoms with van der Waals surface area (Å²) in [5.74, 6) is 1.16. The molecule has 2 N–H and O–H groups in total. The molecule has 0 spiro atoms. The molecule has 0 bridgehead atoms. The summed E-state index contributed by atoms with van der Waals surface area (Å²) in [6.07, 6.45) is 8.71. The summed E-state index contributed by atoms with van der Waals surface area (Å²) < 4.78 is 5.53. The van der Waals surface area contributed by atoms with Crippen LogP contribution >= 0.6 is 0 Å². The Kier molecular flexibility index (Phi) is 6.33. The van der Waals surface area contributed by atoms with E-state index in [0.29, 0.717) is 30.8 Å². The minimum atomic E-state index is -0.393. The minimum Gasteiger partial charge on any atom is -0.381 e. The van der Waals surface area contributed by atoms with Gasteiger partial charge in [0, 0.05) is 37.0 Å². The summed E-state index contributed by atoms with van der Waals surface area (Å²) in [6, 6.07) is 6.49. The van der Waals surface area contributed by atoms with Crippen LogP contribution in [0.1, 0.15) is 66.4 Å². The average molecular weight is 438 g/mol. The number of nitrogens with one attached hydrogen (secondary N) is 2. The van der Waals surface area contributed by atoms with E-state index in [2.05, 4.69) is 29.3 Å². The molecular formula is C26H35N3O3. The first kappa shape index (κ1) is 21.7. The van der Waals surface area contributed by atoms with Crippen LogP contribution in [-0.4, -0.2) is 48.6 Å². The highest BCUT2D eigenvalue weighted by molar-refractivity contribution is 6.01. The van der Waals surface area contributed by atoms with Gasteiger partial charge in [0.1, 0.15) is 6.04 Å². The smallest absolute Gasteiger partial charge is 0.255 e. The summed E-state index contributed by atoms with van der Waals surface area (Å²) in [5.41, 5.74) is 3.87. The van der Waals surface area contributed by atoms with Crippen LogP contribution in [-0.2, 0) is 22.5 Å². The number of nitrogens with zero attached hydrogens (tertiary/aromatic N) is 1. The molecule has 4 atom stereocenters. The molecule has 2 saturated heterocycles.